The Bertz CT molecular complexity index is 1590. The number of piperazine rings is 1. The summed E-state index contributed by atoms with van der Waals surface area (Å²) in [6, 6.07) is 8.33. The molecular formula is C26H28BFN10. The molecule has 0 aliphatic carbocycles. The summed E-state index contributed by atoms with van der Waals surface area (Å²) in [6.45, 7) is 4.93. The molecule has 1 aliphatic heterocycles. The molecule has 0 radical (unpaired) electrons. The molecule has 2 N–H and O–H groups in total. The van der Waals surface area contributed by atoms with Crippen molar-refractivity contribution in [2.24, 2.45) is 12.8 Å². The van der Waals surface area contributed by atoms with E-state index >= 15 is 0 Å². The molecule has 5 heterocycles. The Labute approximate surface area is 220 Å². The Hall–Kier alpha value is -4.32. The molecule has 12 heteroatoms. The minimum Gasteiger partial charge on any atom is -0.351 e. The van der Waals surface area contributed by atoms with Crippen LogP contribution in [0.4, 0.5) is 16.2 Å². The van der Waals surface area contributed by atoms with E-state index in [1.165, 1.54) is 12.1 Å². The number of anilines is 2. The van der Waals surface area contributed by atoms with Crippen molar-refractivity contribution in [1.29, 1.82) is 0 Å². The van der Waals surface area contributed by atoms with Crippen molar-refractivity contribution >= 4 is 30.7 Å². The van der Waals surface area contributed by atoms with Gasteiger partial charge in [0.05, 0.1) is 5.54 Å². The first-order valence-corrected chi connectivity index (χ1v) is 12.5. The smallest absolute Gasteiger partial charge is 0.225 e. The van der Waals surface area contributed by atoms with Gasteiger partial charge in [-0.05, 0) is 30.7 Å². The summed E-state index contributed by atoms with van der Waals surface area (Å²) in [5, 5.41) is 8.90. The normalized spacial score (nSPS) is 15.7. The fraction of sp³-hybridized carbons (Fsp3) is 0.269. The molecule has 0 saturated carbocycles. The van der Waals surface area contributed by atoms with Crippen molar-refractivity contribution in [3.05, 3.63) is 78.4 Å². The number of hydrogen-bond donors (Lipinski definition) is 1. The molecule has 0 spiro atoms. The van der Waals surface area contributed by atoms with Crippen LogP contribution >= 0.6 is 0 Å². The van der Waals surface area contributed by atoms with E-state index in [1.807, 2.05) is 43.4 Å². The summed E-state index contributed by atoms with van der Waals surface area (Å²) in [4.78, 5) is 18.3. The average molecular weight is 510 g/mol. The number of aryl methyl sites for hydroxylation is 1. The first-order chi connectivity index (χ1) is 18.3. The van der Waals surface area contributed by atoms with Crippen LogP contribution in [-0.4, -0.2) is 68.4 Å². The number of rotatable bonds is 5. The van der Waals surface area contributed by atoms with Crippen LogP contribution in [-0.2, 0) is 12.6 Å². The van der Waals surface area contributed by atoms with Crippen molar-refractivity contribution in [3.8, 4) is 11.1 Å². The van der Waals surface area contributed by atoms with E-state index in [1.54, 1.807) is 30.9 Å². The van der Waals surface area contributed by atoms with E-state index in [0.717, 1.165) is 65.4 Å². The van der Waals surface area contributed by atoms with Gasteiger partial charge in [-0.2, -0.15) is 10.2 Å². The van der Waals surface area contributed by atoms with Crippen LogP contribution in [0.1, 0.15) is 18.1 Å². The Morgan fingerprint density at radius 1 is 0.947 bits per heavy atom. The molecule has 0 bridgehead atoms. The molecule has 0 unspecified atom stereocenters. The molecule has 38 heavy (non-hydrogen) atoms. The largest absolute Gasteiger partial charge is 0.351 e. The maximum atomic E-state index is 13.4. The number of benzene rings is 1. The van der Waals surface area contributed by atoms with Gasteiger partial charge in [-0.3, -0.25) is 4.68 Å². The molecular weight excluding hydrogens is 482 g/mol. The lowest BCUT2D eigenvalue weighted by Crippen LogP contribution is -2.47. The summed E-state index contributed by atoms with van der Waals surface area (Å²) < 4.78 is 17.1. The predicted octanol–water partition coefficient (Wildman–Crippen LogP) is 0.866. The molecule has 1 atom stereocenters. The van der Waals surface area contributed by atoms with Gasteiger partial charge in [-0.1, -0.05) is 12.1 Å². The van der Waals surface area contributed by atoms with Crippen LogP contribution < -0.4 is 21.1 Å². The van der Waals surface area contributed by atoms with Crippen LogP contribution in [0, 0.1) is 5.82 Å². The Kier molecular flexibility index (Phi) is 5.83. The van der Waals surface area contributed by atoms with E-state index in [4.69, 9.17) is 5.73 Å². The summed E-state index contributed by atoms with van der Waals surface area (Å²) in [7, 11) is 3.93. The molecule has 192 valence electrons. The van der Waals surface area contributed by atoms with Crippen molar-refractivity contribution in [2.75, 3.05) is 36.0 Å². The second-order valence-electron chi connectivity index (χ2n) is 9.90. The monoisotopic (exact) mass is 510 g/mol. The van der Waals surface area contributed by atoms with Crippen molar-refractivity contribution in [1.82, 2.24) is 34.3 Å². The zero-order valence-corrected chi connectivity index (χ0v) is 21.6. The maximum absolute atomic E-state index is 13.4. The third-order valence-corrected chi connectivity index (χ3v) is 7.25. The van der Waals surface area contributed by atoms with E-state index in [2.05, 4.69) is 41.0 Å². The fourth-order valence-corrected chi connectivity index (χ4v) is 5.02. The number of hydrogen-bond acceptors (Lipinski definition) is 8. The predicted molar refractivity (Wildman–Crippen MR) is 147 cm³/mol. The summed E-state index contributed by atoms with van der Waals surface area (Å²) >= 11 is 0. The zero-order valence-electron chi connectivity index (χ0n) is 21.6. The zero-order chi connectivity index (χ0) is 26.4. The Balaban J connectivity index is 1.17. The van der Waals surface area contributed by atoms with Crippen LogP contribution in [0.25, 0.3) is 16.6 Å². The number of nitrogens with two attached hydrogens (primary N) is 1. The molecule has 1 aliphatic rings. The number of fused-ring (bicyclic) bond motifs is 1. The lowest BCUT2D eigenvalue weighted by atomic mass is 9.87. The van der Waals surface area contributed by atoms with Gasteiger partial charge in [0.2, 0.25) is 5.95 Å². The lowest BCUT2D eigenvalue weighted by Gasteiger charge is -2.35. The highest BCUT2D eigenvalue weighted by Crippen LogP contribution is 2.28. The van der Waals surface area contributed by atoms with Gasteiger partial charge in [-0.15, -0.1) is 0 Å². The third kappa shape index (κ3) is 4.26. The van der Waals surface area contributed by atoms with E-state index < -0.39 is 5.54 Å². The first-order valence-electron chi connectivity index (χ1n) is 12.5. The fourth-order valence-electron chi connectivity index (χ4n) is 5.02. The summed E-state index contributed by atoms with van der Waals surface area (Å²) in [5.74, 6) is 1.27. The quantitative estimate of drug-likeness (QED) is 0.348. The summed E-state index contributed by atoms with van der Waals surface area (Å²) in [5.41, 5.74) is 11.4. The molecule has 4 aromatic heterocycles. The van der Waals surface area contributed by atoms with Gasteiger partial charge in [0, 0.05) is 80.3 Å². The molecule has 1 saturated heterocycles. The minimum atomic E-state index is -0.826. The van der Waals surface area contributed by atoms with Gasteiger partial charge >= 0.3 is 0 Å². The van der Waals surface area contributed by atoms with Crippen LogP contribution in [0.15, 0.2) is 61.4 Å². The molecule has 6 rings (SSSR count). The van der Waals surface area contributed by atoms with E-state index in [0.29, 0.717) is 5.95 Å². The first kappa shape index (κ1) is 24.0. The van der Waals surface area contributed by atoms with Crippen LogP contribution in [0.3, 0.4) is 0 Å². The second-order valence-corrected chi connectivity index (χ2v) is 9.90. The Morgan fingerprint density at radius 2 is 1.63 bits per heavy atom. The highest BCUT2D eigenvalue weighted by molar-refractivity contribution is 6.34. The second kappa shape index (κ2) is 9.21. The molecule has 0 amide bonds. The van der Waals surface area contributed by atoms with Gasteiger partial charge in [0.1, 0.15) is 17.7 Å². The van der Waals surface area contributed by atoms with Crippen LogP contribution in [0.2, 0.25) is 0 Å². The maximum Gasteiger partial charge on any atom is 0.225 e. The average Bonchev–Trinajstić information content (AvgIpc) is 3.51. The number of nitrogens with zero attached hydrogens (tertiary/aromatic N) is 9. The number of aromatic nitrogens is 7. The standard InChI is InChI=1S/C26H28BFN10/c1-26(29,18-3-5-20(28)6-4-18)19-12-30-25(31-13-19)37-9-7-36(8-10-37)24-22-11-17(14-38(22)33-16-32-24)21-15-35(2)34-23(21)27/h3-6,11-16H,7-10,27,29H2,1-2H3/t26-/m0/s1. The molecule has 1 aromatic carbocycles. The highest BCUT2D eigenvalue weighted by Gasteiger charge is 2.26. The molecule has 1 fully saturated rings. The van der Waals surface area contributed by atoms with Crippen molar-refractivity contribution in [2.45, 2.75) is 12.5 Å². The van der Waals surface area contributed by atoms with E-state index in [9.17, 15) is 4.39 Å². The topological polar surface area (TPSA) is 106 Å². The number of halogens is 1. The highest BCUT2D eigenvalue weighted by atomic mass is 19.1. The SMILES string of the molecule is Bc1nn(C)cc1-c1cc2c(N3CCN(c4ncc([C@@](C)(N)c5ccc(F)cc5)cn4)CC3)ncnn2c1. The van der Waals surface area contributed by atoms with Gasteiger partial charge in [0.15, 0.2) is 13.7 Å². The van der Waals surface area contributed by atoms with Crippen molar-refractivity contribution in [3.63, 3.8) is 0 Å². The van der Waals surface area contributed by atoms with Gasteiger partial charge < -0.3 is 15.5 Å². The third-order valence-electron chi connectivity index (χ3n) is 7.25. The van der Waals surface area contributed by atoms with E-state index in [-0.39, 0.29) is 5.82 Å². The summed E-state index contributed by atoms with van der Waals surface area (Å²) in [6.07, 6.45) is 9.16. The van der Waals surface area contributed by atoms with Gasteiger partial charge in [-0.25, -0.2) is 23.9 Å². The van der Waals surface area contributed by atoms with Crippen LogP contribution in [0.5, 0.6) is 0 Å². The van der Waals surface area contributed by atoms with Crippen molar-refractivity contribution < 1.29 is 4.39 Å². The Morgan fingerprint density at radius 3 is 2.29 bits per heavy atom. The van der Waals surface area contributed by atoms with Gasteiger partial charge in [0.25, 0.3) is 0 Å². The minimum absolute atomic E-state index is 0.293. The molecule has 5 aromatic rings. The molecule has 10 nitrogen and oxygen atoms in total. The lowest BCUT2D eigenvalue weighted by molar-refractivity contribution is 0.585.